The maximum Gasteiger partial charge on any atom is 0.342 e. The van der Waals surface area contributed by atoms with Crippen LogP contribution in [0.3, 0.4) is 0 Å². The van der Waals surface area contributed by atoms with Gasteiger partial charge < -0.3 is 10.8 Å². The molecule has 0 radical (unpaired) electrons. The lowest BCUT2D eigenvalue weighted by Crippen LogP contribution is -2.10. The minimum absolute atomic E-state index is 0.0208. The van der Waals surface area contributed by atoms with E-state index in [9.17, 15) is 9.18 Å². The molecule has 1 heterocycles. The Labute approximate surface area is 67.1 Å². The first-order valence-corrected chi connectivity index (χ1v) is 3.05. The molecule has 0 saturated heterocycles. The van der Waals surface area contributed by atoms with E-state index in [1.807, 2.05) is 0 Å². The number of nitrogens with two attached hydrogens (primary N) is 1. The van der Waals surface area contributed by atoms with Gasteiger partial charge in [-0.25, -0.2) is 9.78 Å². The van der Waals surface area contributed by atoms with Crippen molar-refractivity contribution in [3.05, 3.63) is 17.2 Å². The second kappa shape index (κ2) is 2.72. The Hall–Kier alpha value is -1.72. The molecule has 0 aromatic carbocycles. The third kappa shape index (κ3) is 1.31. The van der Waals surface area contributed by atoms with Crippen LogP contribution in [0.4, 0.5) is 10.3 Å². The van der Waals surface area contributed by atoms with Crippen LogP contribution in [0.1, 0.15) is 16.1 Å². The summed E-state index contributed by atoms with van der Waals surface area (Å²) in [6.45, 7) is 1.35. The number of aryl methyl sites for hydroxylation is 1. The molecule has 0 amide bonds. The van der Waals surface area contributed by atoms with E-state index in [0.29, 0.717) is 0 Å². The van der Waals surface area contributed by atoms with E-state index in [-0.39, 0.29) is 11.6 Å². The highest BCUT2D eigenvalue weighted by molar-refractivity contribution is 5.88. The van der Waals surface area contributed by atoms with Crippen molar-refractivity contribution >= 4 is 11.9 Å². The van der Waals surface area contributed by atoms with Crippen LogP contribution in [0.2, 0.25) is 0 Å². The molecule has 1 rings (SSSR count). The topological polar surface area (TPSA) is 89.1 Å². The normalized spacial score (nSPS) is 9.83. The van der Waals surface area contributed by atoms with Gasteiger partial charge in [-0.2, -0.15) is 9.37 Å². The van der Waals surface area contributed by atoms with E-state index < -0.39 is 17.5 Å². The largest absolute Gasteiger partial charge is 0.477 e. The van der Waals surface area contributed by atoms with E-state index in [1.165, 1.54) is 6.92 Å². The summed E-state index contributed by atoms with van der Waals surface area (Å²) in [5.74, 6) is -2.77. The summed E-state index contributed by atoms with van der Waals surface area (Å²) in [5.41, 5.74) is 4.56. The lowest BCUT2D eigenvalue weighted by atomic mass is 10.2. The first-order valence-electron chi connectivity index (χ1n) is 3.05. The van der Waals surface area contributed by atoms with Gasteiger partial charge in [0.15, 0.2) is 0 Å². The maximum atomic E-state index is 12.8. The van der Waals surface area contributed by atoms with Crippen molar-refractivity contribution in [3.63, 3.8) is 0 Å². The van der Waals surface area contributed by atoms with Crippen molar-refractivity contribution in [1.29, 1.82) is 0 Å². The second-order valence-corrected chi connectivity index (χ2v) is 2.14. The fourth-order valence-electron chi connectivity index (χ4n) is 0.801. The zero-order chi connectivity index (χ0) is 9.30. The van der Waals surface area contributed by atoms with Gasteiger partial charge in [0.1, 0.15) is 5.56 Å². The molecule has 1 aromatic heterocycles. The van der Waals surface area contributed by atoms with Crippen molar-refractivity contribution in [2.75, 3.05) is 5.73 Å². The van der Waals surface area contributed by atoms with Gasteiger partial charge in [0.25, 0.3) is 0 Å². The van der Waals surface area contributed by atoms with Gasteiger partial charge in [-0.05, 0) is 6.92 Å². The number of aromatic nitrogens is 2. The molecule has 64 valence electrons. The van der Waals surface area contributed by atoms with Gasteiger partial charge >= 0.3 is 5.97 Å². The van der Waals surface area contributed by atoms with Crippen LogP contribution >= 0.6 is 0 Å². The molecule has 5 nitrogen and oxygen atoms in total. The Bertz CT molecular complexity index is 317. The molecule has 0 aliphatic heterocycles. The third-order valence-corrected chi connectivity index (χ3v) is 1.28. The second-order valence-electron chi connectivity index (χ2n) is 2.14. The predicted octanol–water partition coefficient (Wildman–Crippen LogP) is 0.205. The van der Waals surface area contributed by atoms with Gasteiger partial charge in [-0.3, -0.25) is 0 Å². The van der Waals surface area contributed by atoms with Crippen LogP contribution in [-0.2, 0) is 0 Å². The highest BCUT2D eigenvalue weighted by Gasteiger charge is 2.16. The Morgan fingerprint density at radius 2 is 2.17 bits per heavy atom. The van der Waals surface area contributed by atoms with Gasteiger partial charge in [0.2, 0.25) is 11.9 Å². The number of nitrogens with zero attached hydrogens (tertiary/aromatic N) is 2. The number of carboxylic acid groups (broad SMARTS) is 1. The average Bonchev–Trinajstić information content (AvgIpc) is 1.82. The molecule has 1 aromatic rings. The smallest absolute Gasteiger partial charge is 0.342 e. The number of hydrogen-bond donors (Lipinski definition) is 2. The Morgan fingerprint density at radius 1 is 1.58 bits per heavy atom. The van der Waals surface area contributed by atoms with Gasteiger partial charge in [0.05, 0.1) is 5.69 Å². The summed E-state index contributed by atoms with van der Waals surface area (Å²) in [5, 5.41) is 8.48. The van der Waals surface area contributed by atoms with E-state index in [4.69, 9.17) is 10.8 Å². The van der Waals surface area contributed by atoms with Crippen molar-refractivity contribution < 1.29 is 14.3 Å². The summed E-state index contributed by atoms with van der Waals surface area (Å²) in [6.07, 6.45) is 0. The summed E-state index contributed by atoms with van der Waals surface area (Å²) >= 11 is 0. The SMILES string of the molecule is Cc1nc(N)nc(F)c1C(=O)O. The van der Waals surface area contributed by atoms with E-state index in [2.05, 4.69) is 9.97 Å². The van der Waals surface area contributed by atoms with Crippen molar-refractivity contribution in [2.45, 2.75) is 6.92 Å². The average molecular weight is 171 g/mol. The molecule has 0 aliphatic rings. The van der Waals surface area contributed by atoms with Gasteiger partial charge in [-0.1, -0.05) is 0 Å². The summed E-state index contributed by atoms with van der Waals surface area (Å²) < 4.78 is 12.8. The minimum atomic E-state index is -1.40. The molecule has 12 heavy (non-hydrogen) atoms. The zero-order valence-corrected chi connectivity index (χ0v) is 6.21. The number of nitrogen functional groups attached to an aromatic ring is 1. The van der Waals surface area contributed by atoms with Crippen LogP contribution in [0.5, 0.6) is 0 Å². The molecule has 6 heteroatoms. The van der Waals surface area contributed by atoms with Crippen molar-refractivity contribution in [3.8, 4) is 0 Å². The lowest BCUT2D eigenvalue weighted by Gasteiger charge is -2.00. The molecule has 0 aliphatic carbocycles. The minimum Gasteiger partial charge on any atom is -0.477 e. The van der Waals surface area contributed by atoms with Gasteiger partial charge in [0, 0.05) is 0 Å². The van der Waals surface area contributed by atoms with E-state index in [0.717, 1.165) is 0 Å². The van der Waals surface area contributed by atoms with Gasteiger partial charge in [-0.15, -0.1) is 0 Å². The first-order chi connectivity index (χ1) is 5.52. The molecule has 0 unspecified atom stereocenters. The van der Waals surface area contributed by atoms with Crippen molar-refractivity contribution in [2.24, 2.45) is 0 Å². The molecule has 0 bridgehead atoms. The first kappa shape index (κ1) is 8.38. The van der Waals surface area contributed by atoms with Crippen LogP contribution < -0.4 is 5.73 Å². The summed E-state index contributed by atoms with van der Waals surface area (Å²) in [4.78, 5) is 17.0. The van der Waals surface area contributed by atoms with Crippen molar-refractivity contribution in [1.82, 2.24) is 9.97 Å². The Balaban J connectivity index is 3.38. The monoisotopic (exact) mass is 171 g/mol. The number of hydrogen-bond acceptors (Lipinski definition) is 4. The number of halogens is 1. The van der Waals surface area contributed by atoms with Crippen LogP contribution in [-0.4, -0.2) is 21.0 Å². The molecular formula is C6H6FN3O2. The third-order valence-electron chi connectivity index (χ3n) is 1.28. The quantitative estimate of drug-likeness (QED) is 0.589. The van der Waals surface area contributed by atoms with E-state index in [1.54, 1.807) is 0 Å². The van der Waals surface area contributed by atoms with Crippen LogP contribution in [0.15, 0.2) is 0 Å². The molecule has 0 spiro atoms. The lowest BCUT2D eigenvalue weighted by molar-refractivity contribution is 0.0689. The number of anilines is 1. The fraction of sp³-hybridized carbons (Fsp3) is 0.167. The fourth-order valence-corrected chi connectivity index (χ4v) is 0.801. The summed E-state index contributed by atoms with van der Waals surface area (Å²) in [7, 11) is 0. The van der Waals surface area contributed by atoms with E-state index >= 15 is 0 Å². The maximum absolute atomic E-state index is 12.8. The number of aromatic carboxylic acids is 1. The number of carboxylic acids is 1. The molecule has 0 saturated carbocycles. The predicted molar refractivity (Wildman–Crippen MR) is 38.1 cm³/mol. The zero-order valence-electron chi connectivity index (χ0n) is 6.21. The Morgan fingerprint density at radius 3 is 2.58 bits per heavy atom. The van der Waals surface area contributed by atoms with Crippen LogP contribution in [0, 0.1) is 12.9 Å². The highest BCUT2D eigenvalue weighted by atomic mass is 19.1. The summed E-state index contributed by atoms with van der Waals surface area (Å²) in [6, 6.07) is 0. The molecule has 0 fully saturated rings. The molecular weight excluding hydrogens is 165 g/mol. The Kier molecular flexibility index (Phi) is 1.90. The molecule has 3 N–H and O–H groups in total. The van der Waals surface area contributed by atoms with Crippen LogP contribution in [0.25, 0.3) is 0 Å². The standard InChI is InChI=1S/C6H6FN3O2/c1-2-3(5(11)12)4(7)10-6(8)9-2/h1H3,(H,11,12)(H2,8,9,10). The number of rotatable bonds is 1. The number of carbonyl (C=O) groups is 1. The molecule has 0 atom stereocenters. The highest BCUT2D eigenvalue weighted by Crippen LogP contribution is 2.09.